The summed E-state index contributed by atoms with van der Waals surface area (Å²) in [5, 5.41) is 0.145. The molecule has 0 N–H and O–H groups in total. The van der Waals surface area contributed by atoms with Crippen molar-refractivity contribution in [3.05, 3.63) is 23.5 Å². The molecule has 2 nitrogen and oxygen atoms in total. The Bertz CT molecular complexity index is 153. The number of halogens is 2. The molecule has 0 spiro atoms. The Balaban J connectivity index is 3.03. The first-order chi connectivity index (χ1) is 3.79. The summed E-state index contributed by atoms with van der Waals surface area (Å²) >= 11 is 5.24. The molecule has 0 fully saturated rings. The highest BCUT2D eigenvalue weighted by Gasteiger charge is 1.89. The van der Waals surface area contributed by atoms with Crippen LogP contribution in [0.4, 0.5) is 4.39 Å². The first kappa shape index (κ1) is 5.44. The zero-order chi connectivity index (χ0) is 5.98. The summed E-state index contributed by atoms with van der Waals surface area (Å²) in [5.41, 5.74) is 0. The minimum atomic E-state index is -0.741. The predicted molar refractivity (Wildman–Crippen MR) is 25.8 cm³/mol. The van der Waals surface area contributed by atoms with Crippen LogP contribution >= 0.6 is 11.6 Å². The fourth-order valence-corrected chi connectivity index (χ4v) is 0.358. The number of aromatic nitrogens is 2. The molecular formula is C4HClFN2. The maximum absolute atomic E-state index is 11.8. The van der Waals surface area contributed by atoms with Crippen molar-refractivity contribution in [3.8, 4) is 0 Å². The third-order valence-corrected chi connectivity index (χ3v) is 0.721. The van der Waals surface area contributed by atoms with E-state index in [-0.39, 0.29) is 5.15 Å². The van der Waals surface area contributed by atoms with Crippen molar-refractivity contribution in [3.63, 3.8) is 0 Å². The predicted octanol–water partition coefficient (Wildman–Crippen LogP) is 1.07. The van der Waals surface area contributed by atoms with Crippen LogP contribution in [0.1, 0.15) is 0 Å². The van der Waals surface area contributed by atoms with Crippen LogP contribution in [0.5, 0.6) is 0 Å². The average Bonchev–Trinajstić information content (AvgIpc) is 1.77. The zero-order valence-electron chi connectivity index (χ0n) is 3.73. The second-order valence-electron chi connectivity index (χ2n) is 1.10. The quantitative estimate of drug-likeness (QED) is 0.526. The van der Waals surface area contributed by atoms with Crippen molar-refractivity contribution in [2.75, 3.05) is 0 Å². The van der Waals surface area contributed by atoms with Crippen molar-refractivity contribution in [1.82, 2.24) is 9.97 Å². The van der Waals surface area contributed by atoms with Gasteiger partial charge in [-0.05, 0) is 0 Å². The lowest BCUT2D eigenvalue weighted by molar-refractivity contribution is 0.573. The maximum Gasteiger partial charge on any atom is 0.241 e. The van der Waals surface area contributed by atoms with Crippen molar-refractivity contribution < 1.29 is 4.39 Å². The summed E-state index contributed by atoms with van der Waals surface area (Å²) in [4.78, 5) is 6.44. The third-order valence-electron chi connectivity index (χ3n) is 0.539. The molecule has 0 amide bonds. The van der Waals surface area contributed by atoms with E-state index in [1.807, 2.05) is 6.20 Å². The van der Waals surface area contributed by atoms with Gasteiger partial charge in [-0.1, -0.05) is 11.6 Å². The Hall–Kier alpha value is -0.700. The molecule has 1 rings (SSSR count). The molecule has 0 saturated heterocycles. The van der Waals surface area contributed by atoms with Crippen molar-refractivity contribution in [1.29, 1.82) is 0 Å². The summed E-state index contributed by atoms with van der Waals surface area (Å²) in [6, 6.07) is 0. The number of hydrogen-bond acceptors (Lipinski definition) is 2. The van der Waals surface area contributed by atoms with Gasteiger partial charge in [0.25, 0.3) is 0 Å². The first-order valence-corrected chi connectivity index (χ1v) is 2.22. The molecule has 0 saturated carbocycles. The molecule has 41 valence electrons. The van der Waals surface area contributed by atoms with Gasteiger partial charge in [0.1, 0.15) is 5.15 Å². The molecule has 1 aromatic heterocycles. The van der Waals surface area contributed by atoms with E-state index in [9.17, 15) is 4.39 Å². The summed E-state index contributed by atoms with van der Waals surface area (Å²) in [6.45, 7) is 0. The Labute approximate surface area is 50.3 Å². The Morgan fingerprint density at radius 2 is 2.50 bits per heavy atom. The van der Waals surface area contributed by atoms with Crippen LogP contribution in [-0.4, -0.2) is 9.97 Å². The van der Waals surface area contributed by atoms with Gasteiger partial charge in [-0.3, -0.25) is 0 Å². The average molecular weight is 132 g/mol. The number of nitrogens with zero attached hydrogens (tertiary/aromatic N) is 2. The van der Waals surface area contributed by atoms with Gasteiger partial charge in [0.2, 0.25) is 5.95 Å². The molecule has 0 unspecified atom stereocenters. The second-order valence-corrected chi connectivity index (χ2v) is 1.48. The van der Waals surface area contributed by atoms with E-state index in [0.717, 1.165) is 6.20 Å². The normalized spacial score (nSPS) is 9.25. The Kier molecular flexibility index (Phi) is 1.39. The van der Waals surface area contributed by atoms with Gasteiger partial charge in [-0.2, -0.15) is 4.39 Å². The van der Waals surface area contributed by atoms with E-state index in [1.165, 1.54) is 0 Å². The molecule has 4 heteroatoms. The summed E-state index contributed by atoms with van der Waals surface area (Å²) in [7, 11) is 0. The molecule has 0 aliphatic heterocycles. The van der Waals surface area contributed by atoms with Crippen LogP contribution in [0.25, 0.3) is 0 Å². The number of hydrogen-bond donors (Lipinski definition) is 0. The lowest BCUT2D eigenvalue weighted by Crippen LogP contribution is -1.82. The fraction of sp³-hybridized carbons (Fsp3) is 0. The van der Waals surface area contributed by atoms with E-state index in [1.54, 1.807) is 0 Å². The second kappa shape index (κ2) is 2.05. The van der Waals surface area contributed by atoms with Gasteiger partial charge in [0, 0.05) is 0 Å². The minimum Gasteiger partial charge on any atom is -0.228 e. The molecule has 1 heterocycles. The van der Waals surface area contributed by atoms with Crippen molar-refractivity contribution >= 4 is 11.6 Å². The van der Waals surface area contributed by atoms with Crippen LogP contribution in [0.15, 0.2) is 6.20 Å². The molecule has 0 aliphatic rings. The third kappa shape index (κ3) is 1.13. The summed E-state index contributed by atoms with van der Waals surface area (Å²) in [6.07, 6.45) is 3.06. The fourth-order valence-electron chi connectivity index (χ4n) is 0.267. The first-order valence-electron chi connectivity index (χ1n) is 1.85. The van der Waals surface area contributed by atoms with Gasteiger partial charge < -0.3 is 0 Å². The van der Waals surface area contributed by atoms with Crippen molar-refractivity contribution in [2.45, 2.75) is 0 Å². The van der Waals surface area contributed by atoms with E-state index < -0.39 is 5.95 Å². The number of rotatable bonds is 0. The highest BCUT2D eigenvalue weighted by atomic mass is 35.5. The van der Waals surface area contributed by atoms with Crippen LogP contribution in [0, 0.1) is 12.1 Å². The van der Waals surface area contributed by atoms with Crippen molar-refractivity contribution in [2.24, 2.45) is 0 Å². The molecular weight excluding hydrogens is 131 g/mol. The van der Waals surface area contributed by atoms with Crippen LogP contribution < -0.4 is 0 Å². The molecule has 0 aromatic carbocycles. The SMILES string of the molecule is Fc1[c]nc(Cl)cn1. The lowest BCUT2D eigenvalue weighted by atomic mass is 10.7. The van der Waals surface area contributed by atoms with Crippen LogP contribution in [-0.2, 0) is 0 Å². The molecule has 0 aliphatic carbocycles. The van der Waals surface area contributed by atoms with Gasteiger partial charge in [0.05, 0.1) is 6.20 Å². The van der Waals surface area contributed by atoms with Crippen LogP contribution in [0.2, 0.25) is 5.15 Å². The largest absolute Gasteiger partial charge is 0.241 e. The standard InChI is InChI=1S/C4HClFN2/c5-3-1-8-4(6)2-7-3/h1H. The van der Waals surface area contributed by atoms with Gasteiger partial charge >= 0.3 is 0 Å². The van der Waals surface area contributed by atoms with Gasteiger partial charge in [-0.15, -0.1) is 0 Å². The molecule has 1 aromatic rings. The Morgan fingerprint density at radius 3 is 2.88 bits per heavy atom. The molecule has 8 heavy (non-hydrogen) atoms. The van der Waals surface area contributed by atoms with Crippen LogP contribution in [0.3, 0.4) is 0 Å². The zero-order valence-corrected chi connectivity index (χ0v) is 4.48. The Morgan fingerprint density at radius 1 is 1.75 bits per heavy atom. The maximum atomic E-state index is 11.8. The summed E-state index contributed by atoms with van der Waals surface area (Å²) in [5.74, 6) is -0.741. The highest BCUT2D eigenvalue weighted by molar-refractivity contribution is 6.29. The minimum absolute atomic E-state index is 0.145. The molecule has 0 atom stereocenters. The van der Waals surface area contributed by atoms with E-state index in [2.05, 4.69) is 9.97 Å². The monoisotopic (exact) mass is 131 g/mol. The molecule has 0 bridgehead atoms. The van der Waals surface area contributed by atoms with Gasteiger partial charge in [0.15, 0.2) is 6.20 Å². The van der Waals surface area contributed by atoms with Gasteiger partial charge in [-0.25, -0.2) is 9.97 Å². The van der Waals surface area contributed by atoms with E-state index in [0.29, 0.717) is 0 Å². The van der Waals surface area contributed by atoms with E-state index in [4.69, 9.17) is 11.6 Å². The summed E-state index contributed by atoms with van der Waals surface area (Å²) < 4.78 is 11.8. The smallest absolute Gasteiger partial charge is 0.228 e. The topological polar surface area (TPSA) is 25.8 Å². The lowest BCUT2D eigenvalue weighted by Gasteiger charge is -1.82. The van der Waals surface area contributed by atoms with E-state index >= 15 is 0 Å². The molecule has 1 radical (unpaired) electrons. The highest BCUT2D eigenvalue weighted by Crippen LogP contribution is 1.98.